The Morgan fingerprint density at radius 2 is 1.92 bits per heavy atom. The first-order chi connectivity index (χ1) is 12.0. The van der Waals surface area contributed by atoms with E-state index in [9.17, 15) is 14.4 Å². The largest absolute Gasteiger partial charge is 0.369 e. The lowest BCUT2D eigenvalue weighted by Crippen LogP contribution is -2.48. The van der Waals surface area contributed by atoms with Gasteiger partial charge in [-0.2, -0.15) is 0 Å². The molecule has 0 spiro atoms. The van der Waals surface area contributed by atoms with Gasteiger partial charge in [0.05, 0.1) is 0 Å². The molecule has 6 heteroatoms. The first kappa shape index (κ1) is 17.5. The fourth-order valence-corrected chi connectivity index (χ4v) is 3.55. The standard InChI is InChI=1S/C19H25N3O3/c1-2-15-13-21(18(25)19(9-10-19)17(20)24)11-8-16(23)22(15)12-14-6-4-3-5-7-14/h3-7,15H,2,8-13H2,1H3,(H2,20,24). The smallest absolute Gasteiger partial charge is 0.238 e. The maximum absolute atomic E-state index is 12.8. The van der Waals surface area contributed by atoms with Gasteiger partial charge in [0, 0.05) is 32.1 Å². The van der Waals surface area contributed by atoms with Crippen LogP contribution in [0.25, 0.3) is 0 Å². The van der Waals surface area contributed by atoms with E-state index in [-0.39, 0.29) is 24.3 Å². The summed E-state index contributed by atoms with van der Waals surface area (Å²) in [6.45, 7) is 3.38. The maximum atomic E-state index is 12.8. The molecule has 1 aromatic carbocycles. The van der Waals surface area contributed by atoms with Crippen molar-refractivity contribution in [3.8, 4) is 0 Å². The normalized spacial score (nSPS) is 22.4. The zero-order valence-electron chi connectivity index (χ0n) is 14.6. The fraction of sp³-hybridized carbons (Fsp3) is 0.526. The quantitative estimate of drug-likeness (QED) is 0.818. The SMILES string of the molecule is CCC1CN(C(=O)C2(C(N)=O)CC2)CCC(=O)N1Cc1ccccc1. The van der Waals surface area contributed by atoms with Crippen LogP contribution in [0, 0.1) is 5.41 Å². The van der Waals surface area contributed by atoms with Crippen molar-refractivity contribution in [1.82, 2.24) is 9.80 Å². The molecule has 1 heterocycles. The summed E-state index contributed by atoms with van der Waals surface area (Å²) in [5.74, 6) is -0.690. The van der Waals surface area contributed by atoms with E-state index in [0.29, 0.717) is 32.5 Å². The zero-order chi connectivity index (χ0) is 18.0. The first-order valence-electron chi connectivity index (χ1n) is 8.90. The third-order valence-electron chi connectivity index (χ3n) is 5.37. The van der Waals surface area contributed by atoms with E-state index in [4.69, 9.17) is 5.73 Å². The monoisotopic (exact) mass is 343 g/mol. The van der Waals surface area contributed by atoms with Crippen LogP contribution >= 0.6 is 0 Å². The molecule has 0 aromatic heterocycles. The van der Waals surface area contributed by atoms with E-state index in [2.05, 4.69) is 0 Å². The number of benzene rings is 1. The van der Waals surface area contributed by atoms with E-state index in [0.717, 1.165) is 12.0 Å². The van der Waals surface area contributed by atoms with Gasteiger partial charge in [0.15, 0.2) is 0 Å². The molecule has 2 aliphatic rings. The van der Waals surface area contributed by atoms with Gasteiger partial charge >= 0.3 is 0 Å². The van der Waals surface area contributed by atoms with Crippen molar-refractivity contribution in [2.24, 2.45) is 11.1 Å². The summed E-state index contributed by atoms with van der Waals surface area (Å²) in [5, 5.41) is 0. The molecule has 1 aliphatic carbocycles. The zero-order valence-corrected chi connectivity index (χ0v) is 14.6. The number of carbonyl (C=O) groups is 3. The van der Waals surface area contributed by atoms with Crippen LogP contribution in [0.3, 0.4) is 0 Å². The Morgan fingerprint density at radius 1 is 1.24 bits per heavy atom. The van der Waals surface area contributed by atoms with Gasteiger partial charge in [-0.3, -0.25) is 14.4 Å². The first-order valence-corrected chi connectivity index (χ1v) is 8.90. The van der Waals surface area contributed by atoms with Crippen LogP contribution < -0.4 is 5.73 Å². The molecule has 1 atom stereocenters. The van der Waals surface area contributed by atoms with Gasteiger partial charge < -0.3 is 15.5 Å². The Morgan fingerprint density at radius 3 is 2.48 bits per heavy atom. The molecule has 134 valence electrons. The summed E-state index contributed by atoms with van der Waals surface area (Å²) in [5.41, 5.74) is 5.50. The van der Waals surface area contributed by atoms with Gasteiger partial charge in [-0.05, 0) is 24.8 Å². The van der Waals surface area contributed by atoms with Gasteiger partial charge in [0.25, 0.3) is 0 Å². The van der Waals surface area contributed by atoms with Crippen LogP contribution in [0.4, 0.5) is 0 Å². The molecule has 25 heavy (non-hydrogen) atoms. The van der Waals surface area contributed by atoms with Crippen molar-refractivity contribution >= 4 is 17.7 Å². The van der Waals surface area contributed by atoms with Crippen LogP contribution in [0.5, 0.6) is 0 Å². The average Bonchev–Trinajstić information content (AvgIpc) is 3.43. The second-order valence-electron chi connectivity index (χ2n) is 7.02. The molecule has 1 saturated heterocycles. The predicted octanol–water partition coefficient (Wildman–Crippen LogP) is 1.29. The highest BCUT2D eigenvalue weighted by atomic mass is 16.2. The molecular weight excluding hydrogens is 318 g/mol. The average molecular weight is 343 g/mol. The highest BCUT2D eigenvalue weighted by molar-refractivity contribution is 6.07. The van der Waals surface area contributed by atoms with Gasteiger partial charge in [0.1, 0.15) is 5.41 Å². The fourth-order valence-electron chi connectivity index (χ4n) is 3.55. The van der Waals surface area contributed by atoms with Crippen molar-refractivity contribution in [2.45, 2.75) is 45.2 Å². The van der Waals surface area contributed by atoms with Gasteiger partial charge in [-0.15, -0.1) is 0 Å². The molecule has 0 bridgehead atoms. The van der Waals surface area contributed by atoms with E-state index < -0.39 is 11.3 Å². The Labute approximate surface area is 148 Å². The number of carbonyl (C=O) groups excluding carboxylic acids is 3. The summed E-state index contributed by atoms with van der Waals surface area (Å²) >= 11 is 0. The topological polar surface area (TPSA) is 83.7 Å². The minimum absolute atomic E-state index is 0.0509. The summed E-state index contributed by atoms with van der Waals surface area (Å²) in [4.78, 5) is 40.7. The summed E-state index contributed by atoms with van der Waals surface area (Å²) in [6, 6.07) is 9.81. The molecule has 1 aliphatic heterocycles. The van der Waals surface area contributed by atoms with Crippen LogP contribution in [0.1, 0.15) is 38.2 Å². The summed E-state index contributed by atoms with van der Waals surface area (Å²) in [7, 11) is 0. The van der Waals surface area contributed by atoms with Gasteiger partial charge in [-0.1, -0.05) is 37.3 Å². The molecular formula is C19H25N3O3. The maximum Gasteiger partial charge on any atom is 0.238 e. The predicted molar refractivity (Wildman–Crippen MR) is 93.1 cm³/mol. The van der Waals surface area contributed by atoms with E-state index >= 15 is 0 Å². The highest BCUT2D eigenvalue weighted by Gasteiger charge is 2.57. The molecule has 0 radical (unpaired) electrons. The van der Waals surface area contributed by atoms with Crippen LogP contribution in [-0.2, 0) is 20.9 Å². The summed E-state index contributed by atoms with van der Waals surface area (Å²) in [6.07, 6.45) is 2.09. The van der Waals surface area contributed by atoms with Gasteiger partial charge in [-0.25, -0.2) is 0 Å². The van der Waals surface area contributed by atoms with E-state index in [1.807, 2.05) is 42.2 Å². The number of rotatable bonds is 5. The number of nitrogens with zero attached hydrogens (tertiary/aromatic N) is 2. The molecule has 2 N–H and O–H groups in total. The summed E-state index contributed by atoms with van der Waals surface area (Å²) < 4.78 is 0. The Bertz CT molecular complexity index is 670. The second-order valence-corrected chi connectivity index (χ2v) is 7.02. The minimum Gasteiger partial charge on any atom is -0.369 e. The Hall–Kier alpha value is -2.37. The lowest BCUT2D eigenvalue weighted by molar-refractivity contribution is -0.143. The second kappa shape index (κ2) is 6.86. The number of nitrogens with two attached hydrogens (primary N) is 1. The van der Waals surface area contributed by atoms with Gasteiger partial charge in [0.2, 0.25) is 17.7 Å². The van der Waals surface area contributed by atoms with Crippen molar-refractivity contribution < 1.29 is 14.4 Å². The molecule has 3 rings (SSSR count). The number of hydrogen-bond donors (Lipinski definition) is 1. The molecule has 3 amide bonds. The Balaban J connectivity index is 1.77. The third kappa shape index (κ3) is 3.38. The number of primary amides is 1. The van der Waals surface area contributed by atoms with E-state index in [1.165, 1.54) is 0 Å². The third-order valence-corrected chi connectivity index (χ3v) is 5.37. The van der Waals surface area contributed by atoms with Crippen molar-refractivity contribution in [2.75, 3.05) is 13.1 Å². The Kier molecular flexibility index (Phi) is 4.79. The lowest BCUT2D eigenvalue weighted by atomic mass is 10.0. The van der Waals surface area contributed by atoms with E-state index in [1.54, 1.807) is 4.90 Å². The lowest BCUT2D eigenvalue weighted by Gasteiger charge is -2.32. The van der Waals surface area contributed by atoms with Crippen molar-refractivity contribution in [3.05, 3.63) is 35.9 Å². The number of amides is 3. The molecule has 6 nitrogen and oxygen atoms in total. The highest BCUT2D eigenvalue weighted by Crippen LogP contribution is 2.47. The molecule has 1 unspecified atom stereocenters. The minimum atomic E-state index is -1.02. The van der Waals surface area contributed by atoms with Crippen LogP contribution in [0.2, 0.25) is 0 Å². The molecule has 1 aromatic rings. The van der Waals surface area contributed by atoms with Crippen LogP contribution in [0.15, 0.2) is 30.3 Å². The molecule has 1 saturated carbocycles. The number of hydrogen-bond acceptors (Lipinski definition) is 3. The van der Waals surface area contributed by atoms with Crippen molar-refractivity contribution in [1.29, 1.82) is 0 Å². The van der Waals surface area contributed by atoms with Crippen LogP contribution in [-0.4, -0.2) is 46.7 Å². The molecule has 2 fully saturated rings. The van der Waals surface area contributed by atoms with Crippen molar-refractivity contribution in [3.63, 3.8) is 0 Å².